The van der Waals surface area contributed by atoms with Crippen LogP contribution in [0.2, 0.25) is 0 Å². The first kappa shape index (κ1) is 13.0. The minimum Gasteiger partial charge on any atom is -0.314 e. The molecular formula is C13H28N2. The van der Waals surface area contributed by atoms with Crippen LogP contribution in [0.4, 0.5) is 0 Å². The highest BCUT2D eigenvalue weighted by Gasteiger charge is 2.21. The van der Waals surface area contributed by atoms with E-state index in [-0.39, 0.29) is 0 Å². The van der Waals surface area contributed by atoms with Crippen LogP contribution in [0.25, 0.3) is 0 Å². The van der Waals surface area contributed by atoms with Crippen LogP contribution >= 0.6 is 0 Å². The van der Waals surface area contributed by atoms with Gasteiger partial charge in [-0.15, -0.1) is 0 Å². The smallest absolute Gasteiger partial charge is 0.00387 e. The molecule has 0 amide bonds. The van der Waals surface area contributed by atoms with Crippen molar-refractivity contribution in [3.63, 3.8) is 0 Å². The highest BCUT2D eigenvalue weighted by molar-refractivity contribution is 4.77. The molecule has 0 aliphatic carbocycles. The molecule has 1 heterocycles. The van der Waals surface area contributed by atoms with Crippen molar-refractivity contribution < 1.29 is 0 Å². The van der Waals surface area contributed by atoms with Crippen molar-refractivity contribution in [2.45, 2.75) is 59.0 Å². The molecule has 0 aromatic heterocycles. The summed E-state index contributed by atoms with van der Waals surface area (Å²) in [5.74, 6) is 0.871. The summed E-state index contributed by atoms with van der Waals surface area (Å²) in [6.45, 7) is 13.0. The molecule has 2 heteroatoms. The summed E-state index contributed by atoms with van der Waals surface area (Å²) >= 11 is 0. The van der Waals surface area contributed by atoms with Crippen LogP contribution in [-0.2, 0) is 0 Å². The lowest BCUT2D eigenvalue weighted by Gasteiger charge is -2.36. The molecule has 1 rings (SSSR count). The molecule has 1 fully saturated rings. The van der Waals surface area contributed by atoms with Gasteiger partial charge in [-0.25, -0.2) is 0 Å². The van der Waals surface area contributed by atoms with E-state index in [2.05, 4.69) is 37.9 Å². The summed E-state index contributed by atoms with van der Waals surface area (Å²) < 4.78 is 0. The molecular weight excluding hydrogens is 184 g/mol. The minimum absolute atomic E-state index is 0.680. The van der Waals surface area contributed by atoms with Crippen LogP contribution in [0.1, 0.15) is 47.0 Å². The maximum absolute atomic E-state index is 3.63. The Morgan fingerprint density at radius 2 is 2.07 bits per heavy atom. The minimum atomic E-state index is 0.680. The number of likely N-dealkylation sites (tertiary alicyclic amines) is 1. The fourth-order valence-corrected chi connectivity index (χ4v) is 2.25. The Balaban J connectivity index is 2.24. The molecule has 2 nitrogen and oxygen atoms in total. The quantitative estimate of drug-likeness (QED) is 0.753. The second-order valence-electron chi connectivity index (χ2n) is 5.31. The second kappa shape index (κ2) is 6.49. The van der Waals surface area contributed by atoms with E-state index in [0.717, 1.165) is 12.0 Å². The highest BCUT2D eigenvalue weighted by Crippen LogP contribution is 2.17. The number of rotatable bonds is 5. The van der Waals surface area contributed by atoms with Gasteiger partial charge in [-0.2, -0.15) is 0 Å². The second-order valence-corrected chi connectivity index (χ2v) is 5.31. The molecule has 0 aromatic rings. The van der Waals surface area contributed by atoms with Crippen LogP contribution in [-0.4, -0.2) is 36.6 Å². The molecule has 1 aliphatic heterocycles. The number of hydrogen-bond acceptors (Lipinski definition) is 2. The van der Waals surface area contributed by atoms with Crippen molar-refractivity contribution >= 4 is 0 Å². The van der Waals surface area contributed by atoms with Crippen LogP contribution < -0.4 is 5.32 Å². The predicted molar refractivity (Wildman–Crippen MR) is 67.2 cm³/mol. The van der Waals surface area contributed by atoms with E-state index in [1.165, 1.54) is 38.9 Å². The Kier molecular flexibility index (Phi) is 5.62. The summed E-state index contributed by atoms with van der Waals surface area (Å²) in [4.78, 5) is 2.62. The molecule has 2 atom stereocenters. The first-order valence-corrected chi connectivity index (χ1v) is 6.61. The third kappa shape index (κ3) is 4.52. The number of nitrogens with one attached hydrogen (secondary N) is 1. The van der Waals surface area contributed by atoms with E-state index in [0.29, 0.717) is 6.04 Å². The van der Waals surface area contributed by atoms with Gasteiger partial charge in [0.05, 0.1) is 0 Å². The van der Waals surface area contributed by atoms with Gasteiger partial charge in [0.1, 0.15) is 0 Å². The van der Waals surface area contributed by atoms with Gasteiger partial charge >= 0.3 is 0 Å². The molecule has 0 aromatic carbocycles. The van der Waals surface area contributed by atoms with E-state index in [1.807, 2.05) is 0 Å². The number of nitrogens with zero attached hydrogens (tertiary/aromatic N) is 1. The third-order valence-electron chi connectivity index (χ3n) is 3.65. The lowest BCUT2D eigenvalue weighted by molar-refractivity contribution is 0.137. The average molecular weight is 212 g/mol. The van der Waals surface area contributed by atoms with Crippen LogP contribution in [0.15, 0.2) is 0 Å². The van der Waals surface area contributed by atoms with E-state index in [1.54, 1.807) is 0 Å². The molecule has 15 heavy (non-hydrogen) atoms. The number of hydrogen-bond donors (Lipinski definition) is 1. The van der Waals surface area contributed by atoms with Crippen molar-refractivity contribution in [3.8, 4) is 0 Å². The summed E-state index contributed by atoms with van der Waals surface area (Å²) in [5.41, 5.74) is 0. The normalized spacial score (nSPS) is 25.8. The summed E-state index contributed by atoms with van der Waals surface area (Å²) in [7, 11) is 0. The molecule has 90 valence electrons. The third-order valence-corrected chi connectivity index (χ3v) is 3.65. The predicted octanol–water partition coefficient (Wildman–Crippen LogP) is 2.49. The van der Waals surface area contributed by atoms with Gasteiger partial charge in [0.2, 0.25) is 0 Å². The molecule has 0 saturated carbocycles. The lowest BCUT2D eigenvalue weighted by atomic mass is 9.96. The van der Waals surface area contributed by atoms with Gasteiger partial charge in [-0.1, -0.05) is 6.92 Å². The lowest BCUT2D eigenvalue weighted by Crippen LogP contribution is -2.44. The SMILES string of the molecule is CCC(C)NCC1CCCN(C(C)C)C1. The van der Waals surface area contributed by atoms with E-state index in [4.69, 9.17) is 0 Å². The van der Waals surface area contributed by atoms with Gasteiger partial charge in [-0.05, 0) is 59.0 Å². The van der Waals surface area contributed by atoms with Crippen molar-refractivity contribution in [3.05, 3.63) is 0 Å². The maximum Gasteiger partial charge on any atom is 0.00387 e. The van der Waals surface area contributed by atoms with Crippen LogP contribution in [0.3, 0.4) is 0 Å². The van der Waals surface area contributed by atoms with Crippen LogP contribution in [0, 0.1) is 5.92 Å². The van der Waals surface area contributed by atoms with Crippen molar-refractivity contribution in [1.82, 2.24) is 10.2 Å². The van der Waals surface area contributed by atoms with Gasteiger partial charge in [0.15, 0.2) is 0 Å². The topological polar surface area (TPSA) is 15.3 Å². The molecule has 0 bridgehead atoms. The molecule has 0 spiro atoms. The zero-order valence-electron chi connectivity index (χ0n) is 10.9. The number of piperidine rings is 1. The Labute approximate surface area is 95.4 Å². The first-order chi connectivity index (χ1) is 7.13. The molecule has 1 aliphatic rings. The zero-order valence-corrected chi connectivity index (χ0v) is 10.9. The van der Waals surface area contributed by atoms with Gasteiger partial charge in [-0.3, -0.25) is 0 Å². The highest BCUT2D eigenvalue weighted by atomic mass is 15.2. The largest absolute Gasteiger partial charge is 0.314 e. The molecule has 0 radical (unpaired) electrons. The summed E-state index contributed by atoms with van der Waals surface area (Å²) in [6.07, 6.45) is 4.03. The van der Waals surface area contributed by atoms with Crippen LogP contribution in [0.5, 0.6) is 0 Å². The van der Waals surface area contributed by atoms with Crippen molar-refractivity contribution in [2.75, 3.05) is 19.6 Å². The molecule has 2 unspecified atom stereocenters. The van der Waals surface area contributed by atoms with Gasteiger partial charge < -0.3 is 10.2 Å². The molecule has 1 saturated heterocycles. The summed E-state index contributed by atoms with van der Waals surface area (Å²) in [5, 5.41) is 3.63. The Bertz CT molecular complexity index is 168. The van der Waals surface area contributed by atoms with Gasteiger partial charge in [0, 0.05) is 18.6 Å². The maximum atomic E-state index is 3.63. The van der Waals surface area contributed by atoms with Crippen molar-refractivity contribution in [2.24, 2.45) is 5.92 Å². The Hall–Kier alpha value is -0.0800. The monoisotopic (exact) mass is 212 g/mol. The Morgan fingerprint density at radius 3 is 2.67 bits per heavy atom. The average Bonchev–Trinajstić information content (AvgIpc) is 2.26. The fraction of sp³-hybridized carbons (Fsp3) is 1.00. The Morgan fingerprint density at radius 1 is 1.33 bits per heavy atom. The van der Waals surface area contributed by atoms with E-state index < -0.39 is 0 Å². The van der Waals surface area contributed by atoms with E-state index in [9.17, 15) is 0 Å². The fourth-order valence-electron chi connectivity index (χ4n) is 2.25. The van der Waals surface area contributed by atoms with Gasteiger partial charge in [0.25, 0.3) is 0 Å². The molecule has 1 N–H and O–H groups in total. The summed E-state index contributed by atoms with van der Waals surface area (Å²) in [6, 6.07) is 1.40. The zero-order chi connectivity index (χ0) is 11.3. The first-order valence-electron chi connectivity index (χ1n) is 6.61. The van der Waals surface area contributed by atoms with Crippen molar-refractivity contribution in [1.29, 1.82) is 0 Å². The standard InChI is InChI=1S/C13H28N2/c1-5-12(4)14-9-13-7-6-8-15(10-13)11(2)3/h11-14H,5-10H2,1-4H3. The van der Waals surface area contributed by atoms with E-state index >= 15 is 0 Å².